The van der Waals surface area contributed by atoms with Crippen molar-refractivity contribution < 1.29 is 4.79 Å². The van der Waals surface area contributed by atoms with Crippen LogP contribution in [0.25, 0.3) is 11.2 Å². The lowest BCUT2D eigenvalue weighted by Gasteiger charge is -2.31. The Morgan fingerprint density at radius 3 is 2.48 bits per heavy atom. The molecule has 33 heavy (non-hydrogen) atoms. The SMILES string of the molecule is Cc1cc(C)nc(SCCCn2c(N3CCC(C(N)=O)CC3)nc3c2c(=O)[nH]c(=O)n3C)n1. The third-order valence-corrected chi connectivity index (χ3v) is 6.82. The van der Waals surface area contributed by atoms with Gasteiger partial charge in [-0.15, -0.1) is 0 Å². The molecular weight excluding hydrogens is 444 g/mol. The zero-order valence-electron chi connectivity index (χ0n) is 19.0. The van der Waals surface area contributed by atoms with Gasteiger partial charge >= 0.3 is 5.69 Å². The number of primary amides is 1. The second kappa shape index (κ2) is 9.38. The van der Waals surface area contributed by atoms with E-state index in [4.69, 9.17) is 5.73 Å². The molecule has 1 aliphatic heterocycles. The normalized spacial score (nSPS) is 14.8. The highest BCUT2D eigenvalue weighted by atomic mass is 32.2. The minimum absolute atomic E-state index is 0.152. The molecule has 0 bridgehead atoms. The molecule has 3 N–H and O–H groups in total. The molecule has 3 aromatic heterocycles. The monoisotopic (exact) mass is 472 g/mol. The number of rotatable bonds is 7. The topological polar surface area (TPSA) is 145 Å². The largest absolute Gasteiger partial charge is 0.369 e. The number of imidazole rings is 1. The molecule has 11 nitrogen and oxygen atoms in total. The van der Waals surface area contributed by atoms with Crippen molar-refractivity contribution >= 4 is 34.8 Å². The van der Waals surface area contributed by atoms with Gasteiger partial charge in [0.1, 0.15) is 0 Å². The van der Waals surface area contributed by atoms with Crippen LogP contribution in [0.4, 0.5) is 5.95 Å². The number of amides is 1. The molecule has 176 valence electrons. The van der Waals surface area contributed by atoms with E-state index in [-0.39, 0.29) is 11.8 Å². The predicted molar refractivity (Wildman–Crippen MR) is 127 cm³/mol. The number of nitrogens with two attached hydrogens (primary N) is 1. The van der Waals surface area contributed by atoms with E-state index in [0.29, 0.717) is 49.6 Å². The zero-order chi connectivity index (χ0) is 23.7. The average molecular weight is 473 g/mol. The number of piperidine rings is 1. The molecule has 0 unspecified atom stereocenters. The first-order valence-corrected chi connectivity index (χ1v) is 11.9. The molecule has 1 amide bonds. The van der Waals surface area contributed by atoms with Gasteiger partial charge in [0.25, 0.3) is 5.56 Å². The van der Waals surface area contributed by atoms with Crippen molar-refractivity contribution in [3.05, 3.63) is 38.3 Å². The van der Waals surface area contributed by atoms with E-state index in [0.717, 1.165) is 28.7 Å². The number of aromatic nitrogens is 6. The fraction of sp³-hybridized carbons (Fsp3) is 0.524. The Labute approximate surface area is 194 Å². The van der Waals surface area contributed by atoms with Crippen LogP contribution in [0.15, 0.2) is 20.8 Å². The van der Waals surface area contributed by atoms with E-state index in [1.807, 2.05) is 24.5 Å². The van der Waals surface area contributed by atoms with Crippen molar-refractivity contribution in [3.63, 3.8) is 0 Å². The van der Waals surface area contributed by atoms with Gasteiger partial charge in [-0.25, -0.2) is 14.8 Å². The fourth-order valence-corrected chi connectivity index (χ4v) is 5.06. The van der Waals surface area contributed by atoms with Crippen LogP contribution in [-0.4, -0.2) is 53.8 Å². The van der Waals surface area contributed by atoms with Gasteiger partial charge < -0.3 is 15.2 Å². The summed E-state index contributed by atoms with van der Waals surface area (Å²) in [7, 11) is 1.59. The minimum atomic E-state index is -0.501. The lowest BCUT2D eigenvalue weighted by atomic mass is 9.96. The molecule has 0 saturated carbocycles. The quantitative estimate of drug-likeness (QED) is 0.291. The van der Waals surface area contributed by atoms with E-state index in [2.05, 4.69) is 24.8 Å². The highest BCUT2D eigenvalue weighted by Crippen LogP contribution is 2.26. The van der Waals surface area contributed by atoms with Crippen molar-refractivity contribution in [2.45, 2.75) is 44.8 Å². The predicted octanol–water partition coefficient (Wildman–Crippen LogP) is 0.714. The number of carbonyl (C=O) groups is 1. The fourth-order valence-electron chi connectivity index (χ4n) is 4.18. The maximum atomic E-state index is 12.7. The van der Waals surface area contributed by atoms with Crippen LogP contribution in [0.3, 0.4) is 0 Å². The average Bonchev–Trinajstić information content (AvgIpc) is 3.15. The van der Waals surface area contributed by atoms with Crippen molar-refractivity contribution in [1.29, 1.82) is 0 Å². The summed E-state index contributed by atoms with van der Waals surface area (Å²) < 4.78 is 3.23. The zero-order valence-corrected chi connectivity index (χ0v) is 19.8. The maximum Gasteiger partial charge on any atom is 0.329 e. The smallest absolute Gasteiger partial charge is 0.329 e. The number of aromatic amines is 1. The Hall–Kier alpha value is -3.15. The third-order valence-electron chi connectivity index (χ3n) is 5.89. The number of fused-ring (bicyclic) bond motifs is 1. The molecule has 0 spiro atoms. The Balaban J connectivity index is 1.59. The third kappa shape index (κ3) is 4.80. The Morgan fingerprint density at radius 1 is 1.18 bits per heavy atom. The summed E-state index contributed by atoms with van der Waals surface area (Å²) in [4.78, 5) is 54.4. The van der Waals surface area contributed by atoms with Crippen molar-refractivity contribution in [3.8, 4) is 0 Å². The summed E-state index contributed by atoms with van der Waals surface area (Å²) in [5.74, 6) is 0.955. The van der Waals surface area contributed by atoms with Crippen LogP contribution in [0.5, 0.6) is 0 Å². The van der Waals surface area contributed by atoms with Gasteiger partial charge in [-0.3, -0.25) is 19.1 Å². The number of aryl methyl sites for hydroxylation is 4. The van der Waals surface area contributed by atoms with Gasteiger partial charge in [-0.05, 0) is 39.2 Å². The molecule has 0 radical (unpaired) electrons. The van der Waals surface area contributed by atoms with Crippen molar-refractivity contribution in [1.82, 2.24) is 29.1 Å². The molecule has 1 aliphatic rings. The van der Waals surface area contributed by atoms with E-state index < -0.39 is 11.2 Å². The first kappa shape index (κ1) is 23.0. The van der Waals surface area contributed by atoms with Gasteiger partial charge in [0.05, 0.1) is 0 Å². The number of anilines is 1. The molecule has 0 aliphatic carbocycles. The number of carbonyl (C=O) groups excluding carboxylic acids is 1. The number of thioether (sulfide) groups is 1. The summed E-state index contributed by atoms with van der Waals surface area (Å²) in [5.41, 5.74) is 7.10. The van der Waals surface area contributed by atoms with Crippen LogP contribution in [0, 0.1) is 19.8 Å². The van der Waals surface area contributed by atoms with Crippen LogP contribution >= 0.6 is 11.8 Å². The first-order chi connectivity index (χ1) is 15.7. The number of hydrogen-bond acceptors (Lipinski definition) is 8. The Kier molecular flexibility index (Phi) is 6.54. The van der Waals surface area contributed by atoms with Crippen molar-refractivity contribution in [2.24, 2.45) is 18.7 Å². The summed E-state index contributed by atoms with van der Waals surface area (Å²) in [5, 5.41) is 0.733. The van der Waals surface area contributed by atoms with Crippen LogP contribution < -0.4 is 21.9 Å². The van der Waals surface area contributed by atoms with Crippen LogP contribution in [0.1, 0.15) is 30.7 Å². The summed E-state index contributed by atoms with van der Waals surface area (Å²) in [6.45, 7) is 5.64. The highest BCUT2D eigenvalue weighted by molar-refractivity contribution is 7.99. The summed E-state index contributed by atoms with van der Waals surface area (Å²) in [6, 6.07) is 1.94. The van der Waals surface area contributed by atoms with E-state index in [1.54, 1.807) is 18.8 Å². The van der Waals surface area contributed by atoms with Crippen LogP contribution in [0.2, 0.25) is 0 Å². The lowest BCUT2D eigenvalue weighted by molar-refractivity contribution is -0.122. The lowest BCUT2D eigenvalue weighted by Crippen LogP contribution is -2.39. The van der Waals surface area contributed by atoms with E-state index in [1.165, 1.54) is 4.57 Å². The van der Waals surface area contributed by atoms with E-state index >= 15 is 0 Å². The molecule has 3 aromatic rings. The molecular formula is C21H28N8O3S. The second-order valence-electron chi connectivity index (χ2n) is 8.35. The molecule has 1 fully saturated rings. The first-order valence-electron chi connectivity index (χ1n) is 10.9. The van der Waals surface area contributed by atoms with Crippen LogP contribution in [-0.2, 0) is 18.4 Å². The van der Waals surface area contributed by atoms with Gasteiger partial charge in [0.15, 0.2) is 16.3 Å². The maximum absolute atomic E-state index is 12.7. The van der Waals surface area contributed by atoms with Gasteiger partial charge in [0, 0.05) is 49.7 Å². The number of H-pyrrole nitrogens is 1. The minimum Gasteiger partial charge on any atom is -0.369 e. The van der Waals surface area contributed by atoms with E-state index in [9.17, 15) is 14.4 Å². The Bertz CT molecular complexity index is 1280. The number of hydrogen-bond donors (Lipinski definition) is 2. The number of nitrogens with one attached hydrogen (secondary N) is 1. The highest BCUT2D eigenvalue weighted by Gasteiger charge is 2.27. The molecule has 4 heterocycles. The van der Waals surface area contributed by atoms with Crippen molar-refractivity contribution in [2.75, 3.05) is 23.7 Å². The molecule has 12 heteroatoms. The number of nitrogens with zero attached hydrogens (tertiary/aromatic N) is 6. The molecule has 4 rings (SSSR count). The second-order valence-corrected chi connectivity index (χ2v) is 9.42. The summed E-state index contributed by atoms with van der Waals surface area (Å²) >= 11 is 1.57. The standard InChI is InChI=1S/C21H28N8O3S/c1-12-11-13(2)24-19(23-12)33-10-4-7-29-15-17(27(3)21(32)26-18(15)31)25-20(29)28-8-5-14(6-9-28)16(22)30/h11,14H,4-10H2,1-3H3,(H2,22,30)(H,26,31,32). The van der Waals surface area contributed by atoms with Gasteiger partial charge in [0.2, 0.25) is 11.9 Å². The van der Waals surface area contributed by atoms with Gasteiger partial charge in [-0.2, -0.15) is 4.98 Å². The summed E-state index contributed by atoms with van der Waals surface area (Å²) in [6.07, 6.45) is 2.01. The van der Waals surface area contributed by atoms with Gasteiger partial charge in [-0.1, -0.05) is 11.8 Å². The molecule has 1 saturated heterocycles. The molecule has 0 atom stereocenters. The Morgan fingerprint density at radius 2 is 1.85 bits per heavy atom. The molecule has 0 aromatic carbocycles.